The minimum atomic E-state index is 0.123. The summed E-state index contributed by atoms with van der Waals surface area (Å²) >= 11 is 5.82. The number of aromatic nitrogens is 1. The van der Waals surface area contributed by atoms with E-state index in [-0.39, 0.29) is 18.3 Å². The number of hydrogen-bond donors (Lipinski definition) is 2. The van der Waals surface area contributed by atoms with Crippen LogP contribution in [-0.2, 0) is 0 Å². The predicted molar refractivity (Wildman–Crippen MR) is 66.5 cm³/mol. The van der Waals surface area contributed by atoms with Gasteiger partial charge in [0.2, 0.25) is 0 Å². The largest absolute Gasteiger partial charge is 0.396 e. The van der Waals surface area contributed by atoms with Crippen molar-refractivity contribution in [3.05, 3.63) is 23.0 Å². The molecule has 0 aromatic carbocycles. The first-order valence-corrected chi connectivity index (χ1v) is 6.14. The molecule has 0 aliphatic heterocycles. The average Bonchev–Trinajstić information content (AvgIpc) is 3.13. The van der Waals surface area contributed by atoms with Gasteiger partial charge < -0.3 is 10.4 Å². The van der Waals surface area contributed by atoms with E-state index in [0.717, 1.165) is 18.5 Å². The third kappa shape index (κ3) is 3.17. The van der Waals surface area contributed by atoms with E-state index in [9.17, 15) is 4.79 Å². The van der Waals surface area contributed by atoms with E-state index in [2.05, 4.69) is 10.3 Å². The van der Waals surface area contributed by atoms with Crippen molar-refractivity contribution >= 4 is 23.1 Å². The second kappa shape index (κ2) is 5.47. The van der Waals surface area contributed by atoms with Gasteiger partial charge in [0.1, 0.15) is 5.15 Å². The molecule has 1 aliphatic rings. The molecule has 1 heterocycles. The van der Waals surface area contributed by atoms with Crippen LogP contribution in [0.3, 0.4) is 0 Å². The molecule has 4 nitrogen and oxygen atoms in total. The average molecular weight is 255 g/mol. The lowest BCUT2D eigenvalue weighted by Crippen LogP contribution is -2.10. The molecule has 1 saturated carbocycles. The van der Waals surface area contributed by atoms with Crippen LogP contribution in [0.4, 0.5) is 5.69 Å². The second-order valence-corrected chi connectivity index (χ2v) is 4.58. The van der Waals surface area contributed by atoms with Gasteiger partial charge in [-0.2, -0.15) is 0 Å². The number of aliphatic hydroxyl groups is 1. The van der Waals surface area contributed by atoms with Gasteiger partial charge in [0.15, 0.2) is 5.78 Å². The number of anilines is 1. The molecule has 1 aromatic heterocycles. The van der Waals surface area contributed by atoms with Crippen molar-refractivity contribution in [2.75, 3.05) is 18.5 Å². The number of rotatable bonds is 6. The van der Waals surface area contributed by atoms with Crippen LogP contribution in [0.15, 0.2) is 12.3 Å². The van der Waals surface area contributed by atoms with Gasteiger partial charge in [-0.25, -0.2) is 4.98 Å². The lowest BCUT2D eigenvalue weighted by Gasteiger charge is -2.10. The monoisotopic (exact) mass is 254 g/mol. The van der Waals surface area contributed by atoms with Crippen LogP contribution in [0.1, 0.15) is 29.6 Å². The molecule has 2 N–H and O–H groups in total. The molecule has 1 aromatic rings. The Kier molecular flexibility index (Phi) is 3.97. The number of Topliss-reactive ketones (excluding diaryl/α,β-unsaturated/α-hetero) is 1. The summed E-state index contributed by atoms with van der Waals surface area (Å²) in [4.78, 5) is 16.0. The molecule has 0 radical (unpaired) electrons. The summed E-state index contributed by atoms with van der Waals surface area (Å²) in [6, 6.07) is 1.66. The number of carbonyl (C=O) groups excluding carboxylic acids is 1. The Morgan fingerprint density at radius 3 is 3.00 bits per heavy atom. The first kappa shape index (κ1) is 12.3. The van der Waals surface area contributed by atoms with Crippen LogP contribution in [0.25, 0.3) is 0 Å². The molecule has 92 valence electrons. The Hall–Kier alpha value is -1.13. The van der Waals surface area contributed by atoms with Crippen molar-refractivity contribution in [1.82, 2.24) is 4.98 Å². The molecule has 0 amide bonds. The summed E-state index contributed by atoms with van der Waals surface area (Å²) in [7, 11) is 0. The SMILES string of the molecule is O=C(c1cnc(Cl)cc1NCCCO)C1CC1. The molecule has 0 unspecified atom stereocenters. The zero-order chi connectivity index (χ0) is 12.3. The van der Waals surface area contributed by atoms with Gasteiger partial charge >= 0.3 is 0 Å². The highest BCUT2D eigenvalue weighted by molar-refractivity contribution is 6.29. The minimum absolute atomic E-state index is 0.123. The van der Waals surface area contributed by atoms with Crippen LogP contribution < -0.4 is 5.32 Å². The number of nitrogens with one attached hydrogen (secondary N) is 1. The molecule has 0 spiro atoms. The molecule has 5 heteroatoms. The van der Waals surface area contributed by atoms with Gasteiger partial charge in [-0.15, -0.1) is 0 Å². The van der Waals surface area contributed by atoms with Crippen molar-refractivity contribution in [3.8, 4) is 0 Å². The number of pyridine rings is 1. The number of aliphatic hydroxyl groups excluding tert-OH is 1. The minimum Gasteiger partial charge on any atom is -0.396 e. The van der Waals surface area contributed by atoms with E-state index in [1.807, 2.05) is 0 Å². The van der Waals surface area contributed by atoms with Crippen molar-refractivity contribution in [2.24, 2.45) is 5.92 Å². The van der Waals surface area contributed by atoms with Crippen LogP contribution in [0.2, 0.25) is 5.15 Å². The predicted octanol–water partition coefficient (Wildman–Crippen LogP) is 2.12. The smallest absolute Gasteiger partial charge is 0.169 e. The molecular formula is C12H15ClN2O2. The molecule has 17 heavy (non-hydrogen) atoms. The Morgan fingerprint density at radius 1 is 1.59 bits per heavy atom. The number of halogens is 1. The fraction of sp³-hybridized carbons (Fsp3) is 0.500. The quantitative estimate of drug-likeness (QED) is 0.464. The Bertz CT molecular complexity index is 419. The number of hydrogen-bond acceptors (Lipinski definition) is 4. The third-order valence-corrected chi connectivity index (χ3v) is 2.94. The molecule has 0 saturated heterocycles. The summed E-state index contributed by atoms with van der Waals surface area (Å²) in [5.41, 5.74) is 1.32. The third-order valence-electron chi connectivity index (χ3n) is 2.73. The first-order chi connectivity index (χ1) is 8.22. The highest BCUT2D eigenvalue weighted by atomic mass is 35.5. The molecule has 0 atom stereocenters. The van der Waals surface area contributed by atoms with Gasteiger partial charge in [0.25, 0.3) is 0 Å². The maximum absolute atomic E-state index is 12.0. The molecule has 0 bridgehead atoms. The molecule has 1 fully saturated rings. The topological polar surface area (TPSA) is 62.2 Å². The lowest BCUT2D eigenvalue weighted by atomic mass is 10.1. The zero-order valence-corrected chi connectivity index (χ0v) is 10.2. The fourth-order valence-electron chi connectivity index (χ4n) is 1.64. The van der Waals surface area contributed by atoms with Crippen LogP contribution >= 0.6 is 11.6 Å². The highest BCUT2D eigenvalue weighted by Gasteiger charge is 2.31. The van der Waals surface area contributed by atoms with Crippen molar-refractivity contribution in [2.45, 2.75) is 19.3 Å². The molecule has 2 rings (SSSR count). The van der Waals surface area contributed by atoms with E-state index < -0.39 is 0 Å². The van der Waals surface area contributed by atoms with Gasteiger partial charge in [-0.3, -0.25) is 4.79 Å². The number of nitrogens with zero attached hydrogens (tertiary/aromatic N) is 1. The van der Waals surface area contributed by atoms with Crippen molar-refractivity contribution in [1.29, 1.82) is 0 Å². The van der Waals surface area contributed by atoms with Crippen LogP contribution in [0.5, 0.6) is 0 Å². The van der Waals surface area contributed by atoms with Gasteiger partial charge in [0, 0.05) is 31.0 Å². The van der Waals surface area contributed by atoms with E-state index in [1.54, 1.807) is 6.07 Å². The molecular weight excluding hydrogens is 240 g/mol. The maximum Gasteiger partial charge on any atom is 0.169 e. The van der Waals surface area contributed by atoms with E-state index in [4.69, 9.17) is 16.7 Å². The first-order valence-electron chi connectivity index (χ1n) is 5.77. The standard InChI is InChI=1S/C12H15ClN2O2/c13-11-6-10(14-4-1-5-16)9(7-15-11)12(17)8-2-3-8/h6-8,16H,1-5H2,(H,14,15). The zero-order valence-electron chi connectivity index (χ0n) is 9.45. The summed E-state index contributed by atoms with van der Waals surface area (Å²) in [5.74, 6) is 0.303. The van der Waals surface area contributed by atoms with Crippen LogP contribution in [-0.4, -0.2) is 29.0 Å². The Labute approximate surface area is 105 Å². The van der Waals surface area contributed by atoms with Gasteiger partial charge in [0.05, 0.1) is 5.56 Å². The van der Waals surface area contributed by atoms with Crippen molar-refractivity contribution < 1.29 is 9.90 Å². The summed E-state index contributed by atoms with van der Waals surface area (Å²) in [6.07, 6.45) is 4.11. The fourth-order valence-corrected chi connectivity index (χ4v) is 1.80. The normalized spacial score (nSPS) is 14.7. The lowest BCUT2D eigenvalue weighted by molar-refractivity contribution is 0.0968. The number of carbonyl (C=O) groups is 1. The summed E-state index contributed by atoms with van der Waals surface area (Å²) in [6.45, 7) is 0.736. The highest BCUT2D eigenvalue weighted by Crippen LogP contribution is 2.34. The van der Waals surface area contributed by atoms with Crippen molar-refractivity contribution in [3.63, 3.8) is 0 Å². The number of ketones is 1. The van der Waals surface area contributed by atoms with E-state index in [1.165, 1.54) is 6.20 Å². The maximum atomic E-state index is 12.0. The summed E-state index contributed by atoms with van der Waals surface area (Å²) < 4.78 is 0. The van der Waals surface area contributed by atoms with E-state index in [0.29, 0.717) is 23.7 Å². The summed E-state index contributed by atoms with van der Waals surface area (Å²) in [5, 5.41) is 12.2. The van der Waals surface area contributed by atoms with E-state index >= 15 is 0 Å². The van der Waals surface area contributed by atoms with Gasteiger partial charge in [-0.05, 0) is 25.3 Å². The second-order valence-electron chi connectivity index (χ2n) is 4.20. The Morgan fingerprint density at radius 2 is 2.35 bits per heavy atom. The van der Waals surface area contributed by atoms with Gasteiger partial charge in [-0.1, -0.05) is 11.6 Å². The Balaban J connectivity index is 2.14. The van der Waals surface area contributed by atoms with Crippen LogP contribution in [0, 0.1) is 5.92 Å². The molecule has 1 aliphatic carbocycles.